The van der Waals surface area contributed by atoms with Gasteiger partial charge in [0.05, 0.1) is 0 Å². The molecule has 0 aromatic rings. The van der Waals surface area contributed by atoms with Crippen molar-refractivity contribution in [1.29, 1.82) is 0 Å². The molecule has 0 bridgehead atoms. The Morgan fingerprint density at radius 3 is 2.56 bits per heavy atom. The molecule has 0 saturated heterocycles. The lowest BCUT2D eigenvalue weighted by Crippen LogP contribution is -2.35. The third kappa shape index (κ3) is 3.48. The van der Waals surface area contributed by atoms with Crippen LogP contribution in [0.4, 0.5) is 4.39 Å². The molecule has 54 valence electrons. The Morgan fingerprint density at radius 1 is 1.89 bits per heavy atom. The van der Waals surface area contributed by atoms with Crippen LogP contribution in [0.15, 0.2) is 0 Å². The van der Waals surface area contributed by atoms with Gasteiger partial charge in [0.1, 0.15) is 6.04 Å². The SMILES string of the molecule is CCNC(CS)C(=O)F. The topological polar surface area (TPSA) is 29.1 Å². The maximum atomic E-state index is 11.8. The molecule has 0 fully saturated rings. The maximum Gasteiger partial charge on any atom is 0.319 e. The maximum absolute atomic E-state index is 11.8. The lowest BCUT2D eigenvalue weighted by atomic mass is 10.3. The number of hydrogen-bond acceptors (Lipinski definition) is 3. The van der Waals surface area contributed by atoms with Crippen molar-refractivity contribution < 1.29 is 9.18 Å². The molecule has 0 aromatic heterocycles. The minimum Gasteiger partial charge on any atom is -0.305 e. The first-order valence-corrected chi connectivity index (χ1v) is 3.39. The molecule has 0 heterocycles. The Labute approximate surface area is 59.2 Å². The van der Waals surface area contributed by atoms with E-state index >= 15 is 0 Å². The highest BCUT2D eigenvalue weighted by Gasteiger charge is 2.12. The lowest BCUT2D eigenvalue weighted by Gasteiger charge is -2.06. The summed E-state index contributed by atoms with van der Waals surface area (Å²) in [4.78, 5) is 9.99. The average molecular weight is 151 g/mol. The zero-order chi connectivity index (χ0) is 7.28. The van der Waals surface area contributed by atoms with Crippen molar-refractivity contribution in [2.75, 3.05) is 12.3 Å². The van der Waals surface area contributed by atoms with E-state index in [9.17, 15) is 9.18 Å². The van der Waals surface area contributed by atoms with Crippen LogP contribution in [-0.2, 0) is 4.79 Å². The van der Waals surface area contributed by atoms with Crippen molar-refractivity contribution in [3.63, 3.8) is 0 Å². The number of rotatable bonds is 4. The van der Waals surface area contributed by atoms with Crippen LogP contribution >= 0.6 is 12.6 Å². The molecular formula is C5H10FNOS. The molecule has 1 unspecified atom stereocenters. The number of halogens is 1. The van der Waals surface area contributed by atoms with E-state index in [0.29, 0.717) is 6.54 Å². The Bertz CT molecular complexity index is 99.0. The number of hydrogen-bond donors (Lipinski definition) is 2. The molecular weight excluding hydrogens is 141 g/mol. The summed E-state index contributed by atoms with van der Waals surface area (Å²) < 4.78 is 11.8. The first-order chi connectivity index (χ1) is 4.22. The van der Waals surface area contributed by atoms with Crippen molar-refractivity contribution in [1.82, 2.24) is 5.32 Å². The quantitative estimate of drug-likeness (QED) is 0.449. The fourth-order valence-corrected chi connectivity index (χ4v) is 0.736. The van der Waals surface area contributed by atoms with E-state index in [2.05, 4.69) is 17.9 Å². The Kier molecular flexibility index (Phi) is 4.71. The molecule has 0 aliphatic rings. The van der Waals surface area contributed by atoms with Gasteiger partial charge in [-0.1, -0.05) is 6.92 Å². The number of likely N-dealkylation sites (N-methyl/N-ethyl adjacent to an activating group) is 1. The Morgan fingerprint density at radius 2 is 2.44 bits per heavy atom. The molecule has 0 radical (unpaired) electrons. The summed E-state index contributed by atoms with van der Waals surface area (Å²) in [6, 6.07) is -2.06. The molecule has 1 N–H and O–H groups in total. The molecule has 2 nitrogen and oxygen atoms in total. The van der Waals surface area contributed by atoms with Crippen LogP contribution in [0.25, 0.3) is 0 Å². The minimum atomic E-state index is -1.34. The van der Waals surface area contributed by atoms with E-state index in [1.807, 2.05) is 0 Å². The lowest BCUT2D eigenvalue weighted by molar-refractivity contribution is -0.130. The van der Waals surface area contributed by atoms with E-state index in [1.54, 1.807) is 6.92 Å². The van der Waals surface area contributed by atoms with E-state index in [1.165, 1.54) is 0 Å². The van der Waals surface area contributed by atoms with Gasteiger partial charge < -0.3 is 5.32 Å². The predicted octanol–water partition coefficient (Wildman–Crippen LogP) is 0.390. The number of thiol groups is 1. The molecule has 1 atom stereocenters. The second kappa shape index (κ2) is 4.76. The van der Waals surface area contributed by atoms with Crippen LogP contribution in [0.3, 0.4) is 0 Å². The first kappa shape index (κ1) is 8.91. The smallest absolute Gasteiger partial charge is 0.305 e. The van der Waals surface area contributed by atoms with Gasteiger partial charge >= 0.3 is 6.04 Å². The summed E-state index contributed by atoms with van der Waals surface area (Å²) in [5, 5.41) is 2.63. The fourth-order valence-electron chi connectivity index (χ4n) is 0.463. The molecule has 0 aromatic carbocycles. The molecule has 0 aliphatic carbocycles. The van der Waals surface area contributed by atoms with E-state index in [-0.39, 0.29) is 5.75 Å². The third-order valence-electron chi connectivity index (χ3n) is 0.907. The fraction of sp³-hybridized carbons (Fsp3) is 0.800. The van der Waals surface area contributed by atoms with Crippen molar-refractivity contribution in [2.24, 2.45) is 0 Å². The minimum absolute atomic E-state index is 0.211. The van der Waals surface area contributed by atoms with Gasteiger partial charge in [-0.15, -0.1) is 0 Å². The normalized spacial score (nSPS) is 13.2. The summed E-state index contributed by atoms with van der Waals surface area (Å²) >= 11 is 3.77. The Hall–Kier alpha value is -0.0900. The monoisotopic (exact) mass is 151 g/mol. The van der Waals surface area contributed by atoms with Crippen molar-refractivity contribution in [2.45, 2.75) is 13.0 Å². The summed E-state index contributed by atoms with van der Waals surface area (Å²) in [7, 11) is 0. The number of nitrogens with one attached hydrogen (secondary N) is 1. The van der Waals surface area contributed by atoms with Gasteiger partial charge in [-0.05, 0) is 6.54 Å². The molecule has 9 heavy (non-hydrogen) atoms. The van der Waals surface area contributed by atoms with Crippen LogP contribution in [0.5, 0.6) is 0 Å². The van der Waals surface area contributed by atoms with Crippen molar-refractivity contribution in [3.05, 3.63) is 0 Å². The third-order valence-corrected chi connectivity index (χ3v) is 1.27. The van der Waals surface area contributed by atoms with E-state index in [4.69, 9.17) is 0 Å². The molecule has 0 saturated carbocycles. The number of carbonyl (C=O) groups is 1. The van der Waals surface area contributed by atoms with Gasteiger partial charge in [0.25, 0.3) is 0 Å². The van der Waals surface area contributed by atoms with Gasteiger partial charge in [-0.2, -0.15) is 17.0 Å². The van der Waals surface area contributed by atoms with Crippen molar-refractivity contribution in [3.8, 4) is 0 Å². The second-order valence-corrected chi connectivity index (χ2v) is 1.96. The van der Waals surface area contributed by atoms with Gasteiger partial charge in [-0.3, -0.25) is 4.79 Å². The van der Waals surface area contributed by atoms with Crippen LogP contribution < -0.4 is 5.32 Å². The average Bonchev–Trinajstić information content (AvgIpc) is 1.82. The highest BCUT2D eigenvalue weighted by molar-refractivity contribution is 7.80. The first-order valence-electron chi connectivity index (χ1n) is 2.76. The second-order valence-electron chi connectivity index (χ2n) is 1.60. The largest absolute Gasteiger partial charge is 0.319 e. The highest BCUT2D eigenvalue weighted by Crippen LogP contribution is 1.89. The predicted molar refractivity (Wildman–Crippen MR) is 37.4 cm³/mol. The molecule has 0 amide bonds. The van der Waals surface area contributed by atoms with Gasteiger partial charge in [0, 0.05) is 5.75 Å². The standard InChI is InChI=1S/C5H10FNOS/c1-2-7-4(3-9)5(6)8/h4,7,9H,2-3H2,1H3. The molecule has 0 aliphatic heterocycles. The van der Waals surface area contributed by atoms with Crippen LogP contribution in [0.1, 0.15) is 6.92 Å². The zero-order valence-electron chi connectivity index (χ0n) is 5.22. The van der Waals surface area contributed by atoms with Crippen LogP contribution in [0.2, 0.25) is 0 Å². The zero-order valence-corrected chi connectivity index (χ0v) is 6.12. The van der Waals surface area contributed by atoms with Crippen LogP contribution in [0, 0.1) is 0 Å². The van der Waals surface area contributed by atoms with Crippen molar-refractivity contribution >= 4 is 18.7 Å². The van der Waals surface area contributed by atoms with Gasteiger partial charge in [0.15, 0.2) is 0 Å². The van der Waals surface area contributed by atoms with Gasteiger partial charge in [0.2, 0.25) is 0 Å². The molecule has 4 heteroatoms. The Balaban J connectivity index is 3.54. The summed E-state index contributed by atoms with van der Waals surface area (Å²) in [5.41, 5.74) is 0. The summed E-state index contributed by atoms with van der Waals surface area (Å²) in [6.07, 6.45) is 0. The summed E-state index contributed by atoms with van der Waals surface area (Å²) in [6.45, 7) is 2.39. The summed E-state index contributed by atoms with van der Waals surface area (Å²) in [5.74, 6) is 0.211. The number of carbonyl (C=O) groups excluding carboxylic acids is 1. The highest BCUT2D eigenvalue weighted by atomic mass is 32.1. The van der Waals surface area contributed by atoms with E-state index < -0.39 is 12.1 Å². The van der Waals surface area contributed by atoms with E-state index in [0.717, 1.165) is 0 Å². The van der Waals surface area contributed by atoms with Crippen LogP contribution in [-0.4, -0.2) is 24.4 Å². The van der Waals surface area contributed by atoms with Gasteiger partial charge in [-0.25, -0.2) is 0 Å². The molecule has 0 rings (SSSR count). The molecule has 0 spiro atoms.